The molecule has 1 aromatic heterocycles. The van der Waals surface area contributed by atoms with Crippen molar-refractivity contribution in [1.82, 2.24) is 15.2 Å². The van der Waals surface area contributed by atoms with Gasteiger partial charge >= 0.3 is 6.03 Å². The Morgan fingerprint density at radius 1 is 1.17 bits per heavy atom. The molecule has 0 radical (unpaired) electrons. The van der Waals surface area contributed by atoms with Crippen LogP contribution in [0.5, 0.6) is 11.5 Å². The molecule has 1 fully saturated rings. The molecule has 9 heteroatoms. The van der Waals surface area contributed by atoms with Gasteiger partial charge in [-0.3, -0.25) is 14.5 Å². The van der Waals surface area contributed by atoms with Gasteiger partial charge in [-0.15, -0.1) is 0 Å². The van der Waals surface area contributed by atoms with E-state index >= 15 is 0 Å². The zero-order valence-electron chi connectivity index (χ0n) is 16.4. The summed E-state index contributed by atoms with van der Waals surface area (Å²) < 4.78 is 10.4. The first kappa shape index (κ1) is 20.1. The van der Waals surface area contributed by atoms with Crippen LogP contribution in [0.1, 0.15) is 17.7 Å². The summed E-state index contributed by atoms with van der Waals surface area (Å²) in [4.78, 5) is 42.4. The lowest BCUT2D eigenvalue weighted by molar-refractivity contribution is -0.130. The number of methoxy groups -OCH3 is 2. The number of carbonyl (C=O) groups is 3. The number of ether oxygens (including phenoxy) is 2. The average molecular weight is 398 g/mol. The van der Waals surface area contributed by atoms with Crippen molar-refractivity contribution in [2.45, 2.75) is 25.9 Å². The maximum Gasteiger partial charge on any atom is 0.325 e. The number of nitrogens with one attached hydrogen (secondary N) is 2. The molecule has 1 saturated heterocycles. The summed E-state index contributed by atoms with van der Waals surface area (Å²) in [5, 5.41) is 5.19. The van der Waals surface area contributed by atoms with E-state index in [0.717, 1.165) is 10.6 Å². The van der Waals surface area contributed by atoms with Gasteiger partial charge in [0.25, 0.3) is 5.91 Å². The Morgan fingerprint density at radius 3 is 2.62 bits per heavy atom. The summed E-state index contributed by atoms with van der Waals surface area (Å²) in [5.41, 5.74) is 1.45. The van der Waals surface area contributed by atoms with E-state index in [-0.39, 0.29) is 13.0 Å². The minimum absolute atomic E-state index is 0.0581. The van der Waals surface area contributed by atoms with Gasteiger partial charge in [-0.05, 0) is 36.8 Å². The zero-order chi connectivity index (χ0) is 21.0. The fourth-order valence-corrected chi connectivity index (χ4v) is 3.02. The summed E-state index contributed by atoms with van der Waals surface area (Å²) in [6.07, 6.45) is -0.178. The van der Waals surface area contributed by atoms with Crippen LogP contribution in [0.25, 0.3) is 0 Å². The SMILES string of the molecule is COc1ccc(CN2C(=O)N[C@H](CC(=O)Nc3cccc(C)n3)C2=O)cc1OC. The van der Waals surface area contributed by atoms with E-state index in [0.29, 0.717) is 22.9 Å². The maximum absolute atomic E-state index is 12.6. The largest absolute Gasteiger partial charge is 0.493 e. The van der Waals surface area contributed by atoms with Crippen LogP contribution in [0.2, 0.25) is 0 Å². The van der Waals surface area contributed by atoms with Crippen molar-refractivity contribution in [1.29, 1.82) is 0 Å². The standard InChI is InChI=1S/C20H22N4O5/c1-12-5-4-6-17(21-12)23-18(25)10-14-19(26)24(20(27)22-14)11-13-7-8-15(28-2)16(9-13)29-3/h4-9,14H,10-11H2,1-3H3,(H,22,27)(H,21,23,25)/t14-/m1/s1. The van der Waals surface area contributed by atoms with Crippen LogP contribution in [-0.2, 0) is 16.1 Å². The molecule has 3 rings (SSSR count). The molecule has 0 unspecified atom stereocenters. The Balaban J connectivity index is 1.64. The third kappa shape index (κ3) is 4.63. The molecule has 2 aromatic rings. The van der Waals surface area contributed by atoms with Gasteiger partial charge in [0.1, 0.15) is 11.9 Å². The van der Waals surface area contributed by atoms with Crippen LogP contribution in [0.3, 0.4) is 0 Å². The Bertz CT molecular complexity index is 946. The number of hydrogen-bond donors (Lipinski definition) is 2. The molecule has 1 aromatic carbocycles. The van der Waals surface area contributed by atoms with Gasteiger partial charge in [0.05, 0.1) is 27.2 Å². The van der Waals surface area contributed by atoms with Crippen molar-refractivity contribution in [2.75, 3.05) is 19.5 Å². The van der Waals surface area contributed by atoms with Gasteiger partial charge in [0.2, 0.25) is 5.91 Å². The molecule has 0 spiro atoms. The van der Waals surface area contributed by atoms with E-state index in [1.54, 1.807) is 30.3 Å². The van der Waals surface area contributed by atoms with Gasteiger partial charge in [-0.25, -0.2) is 9.78 Å². The number of aromatic nitrogens is 1. The highest BCUT2D eigenvalue weighted by Gasteiger charge is 2.39. The second-order valence-electron chi connectivity index (χ2n) is 6.53. The number of rotatable bonds is 7. The first-order chi connectivity index (χ1) is 13.9. The Labute approximate surface area is 168 Å². The number of nitrogens with zero attached hydrogens (tertiary/aromatic N) is 2. The van der Waals surface area contributed by atoms with Crippen LogP contribution in [0, 0.1) is 6.92 Å². The monoisotopic (exact) mass is 398 g/mol. The number of pyridine rings is 1. The number of urea groups is 1. The number of imide groups is 1. The van der Waals surface area contributed by atoms with Crippen molar-refractivity contribution in [3.8, 4) is 11.5 Å². The molecule has 9 nitrogen and oxygen atoms in total. The van der Waals surface area contributed by atoms with E-state index in [9.17, 15) is 14.4 Å². The topological polar surface area (TPSA) is 110 Å². The van der Waals surface area contributed by atoms with Crippen molar-refractivity contribution in [3.63, 3.8) is 0 Å². The molecule has 1 aliphatic heterocycles. The van der Waals surface area contributed by atoms with Gasteiger partial charge < -0.3 is 20.1 Å². The molecule has 4 amide bonds. The molecule has 0 bridgehead atoms. The fraction of sp³-hybridized carbons (Fsp3) is 0.300. The summed E-state index contributed by atoms with van der Waals surface area (Å²) in [7, 11) is 3.03. The quantitative estimate of drug-likeness (QED) is 0.689. The van der Waals surface area contributed by atoms with Crippen LogP contribution < -0.4 is 20.1 Å². The van der Waals surface area contributed by atoms with Crippen LogP contribution in [-0.4, -0.2) is 48.0 Å². The Hall–Kier alpha value is -3.62. The predicted molar refractivity (Wildman–Crippen MR) is 105 cm³/mol. The third-order valence-electron chi connectivity index (χ3n) is 4.44. The molecule has 1 atom stereocenters. The first-order valence-electron chi connectivity index (χ1n) is 8.97. The summed E-state index contributed by atoms with van der Waals surface area (Å²) in [6.45, 7) is 1.87. The molecule has 0 aliphatic carbocycles. The Morgan fingerprint density at radius 2 is 1.93 bits per heavy atom. The molecule has 152 valence electrons. The molecule has 2 heterocycles. The highest BCUT2D eigenvalue weighted by atomic mass is 16.5. The lowest BCUT2D eigenvalue weighted by atomic mass is 10.1. The van der Waals surface area contributed by atoms with Gasteiger partial charge in [0, 0.05) is 5.69 Å². The highest BCUT2D eigenvalue weighted by Crippen LogP contribution is 2.28. The molecule has 2 N–H and O–H groups in total. The summed E-state index contributed by atoms with van der Waals surface area (Å²) in [5.74, 6) is 0.576. The number of anilines is 1. The summed E-state index contributed by atoms with van der Waals surface area (Å²) >= 11 is 0. The van der Waals surface area contributed by atoms with E-state index in [2.05, 4.69) is 15.6 Å². The molecular weight excluding hydrogens is 376 g/mol. The minimum atomic E-state index is -0.924. The lowest BCUT2D eigenvalue weighted by Gasteiger charge is -2.15. The van der Waals surface area contributed by atoms with Crippen molar-refractivity contribution in [2.24, 2.45) is 0 Å². The van der Waals surface area contributed by atoms with Gasteiger partial charge in [-0.2, -0.15) is 0 Å². The van der Waals surface area contributed by atoms with Crippen molar-refractivity contribution in [3.05, 3.63) is 47.7 Å². The molecule has 0 saturated carbocycles. The fourth-order valence-electron chi connectivity index (χ4n) is 3.02. The second-order valence-corrected chi connectivity index (χ2v) is 6.53. The van der Waals surface area contributed by atoms with Crippen molar-refractivity contribution >= 4 is 23.7 Å². The van der Waals surface area contributed by atoms with Crippen LogP contribution >= 0.6 is 0 Å². The first-order valence-corrected chi connectivity index (χ1v) is 8.97. The minimum Gasteiger partial charge on any atom is -0.493 e. The second kappa shape index (κ2) is 8.59. The number of carbonyl (C=O) groups excluding carboxylic acids is 3. The van der Waals surface area contributed by atoms with E-state index in [1.807, 2.05) is 13.0 Å². The van der Waals surface area contributed by atoms with E-state index < -0.39 is 23.9 Å². The van der Waals surface area contributed by atoms with E-state index in [4.69, 9.17) is 9.47 Å². The molecular formula is C20H22N4O5. The lowest BCUT2D eigenvalue weighted by Crippen LogP contribution is -2.34. The number of aryl methyl sites for hydroxylation is 1. The maximum atomic E-state index is 12.6. The normalized spacial score (nSPS) is 15.8. The number of amides is 4. The molecule has 29 heavy (non-hydrogen) atoms. The van der Waals surface area contributed by atoms with Gasteiger partial charge in [-0.1, -0.05) is 12.1 Å². The zero-order valence-corrected chi connectivity index (χ0v) is 16.4. The van der Waals surface area contributed by atoms with Gasteiger partial charge in [0.15, 0.2) is 11.5 Å². The van der Waals surface area contributed by atoms with Crippen LogP contribution in [0.15, 0.2) is 36.4 Å². The van der Waals surface area contributed by atoms with Crippen LogP contribution in [0.4, 0.5) is 10.6 Å². The predicted octanol–water partition coefficient (Wildman–Crippen LogP) is 1.86. The average Bonchev–Trinajstić information content (AvgIpc) is 2.95. The molecule has 1 aliphatic rings. The highest BCUT2D eigenvalue weighted by molar-refractivity contribution is 6.06. The Kier molecular flexibility index (Phi) is 5.96. The van der Waals surface area contributed by atoms with E-state index in [1.165, 1.54) is 14.2 Å². The smallest absolute Gasteiger partial charge is 0.325 e. The van der Waals surface area contributed by atoms with Crippen molar-refractivity contribution < 1.29 is 23.9 Å². The third-order valence-corrected chi connectivity index (χ3v) is 4.44. The summed E-state index contributed by atoms with van der Waals surface area (Å²) in [6, 6.07) is 8.90. The number of hydrogen-bond acceptors (Lipinski definition) is 6. The number of benzene rings is 1.